The van der Waals surface area contributed by atoms with Gasteiger partial charge in [0, 0.05) is 29.5 Å². The van der Waals surface area contributed by atoms with Crippen LogP contribution < -0.4 is 15.9 Å². The van der Waals surface area contributed by atoms with Gasteiger partial charge in [-0.3, -0.25) is 0 Å². The van der Waals surface area contributed by atoms with Crippen LogP contribution in [0.2, 0.25) is 0 Å². The minimum absolute atomic E-state index is 0.265. The highest BCUT2D eigenvalue weighted by Gasteiger charge is 2.57. The second kappa shape index (κ2) is 7.99. The largest absolute Gasteiger partial charge is 0.494 e. The first-order chi connectivity index (χ1) is 15.9. The van der Waals surface area contributed by atoms with Crippen LogP contribution in [0.25, 0.3) is 0 Å². The topological polar surface area (TPSA) is 38.5 Å². The molecular formula is C29H39N2OP. The number of para-hydroxylation sites is 1. The molecular weight excluding hydrogens is 423 g/mol. The summed E-state index contributed by atoms with van der Waals surface area (Å²) in [5.74, 6) is 3.14. The fourth-order valence-corrected chi connectivity index (χ4v) is 9.58. The number of hydrogen-bond donors (Lipinski definition) is 1. The third-order valence-electron chi connectivity index (χ3n) is 10.1. The van der Waals surface area contributed by atoms with E-state index in [4.69, 9.17) is 10.5 Å². The van der Waals surface area contributed by atoms with E-state index in [1.165, 1.54) is 44.1 Å². The lowest BCUT2D eigenvalue weighted by Crippen LogP contribution is -2.51. The summed E-state index contributed by atoms with van der Waals surface area (Å²) in [6.45, 7) is 9.58. The summed E-state index contributed by atoms with van der Waals surface area (Å²) in [5, 5.41) is 1.55. The van der Waals surface area contributed by atoms with E-state index in [1.54, 1.807) is 16.6 Å². The van der Waals surface area contributed by atoms with E-state index < -0.39 is 0 Å². The maximum Gasteiger partial charge on any atom is 0.103 e. The first-order valence-electron chi connectivity index (χ1n) is 13.0. The average Bonchev–Trinajstić information content (AvgIpc) is 3.39. The lowest BCUT2D eigenvalue weighted by atomic mass is 9.47. The van der Waals surface area contributed by atoms with E-state index in [0.29, 0.717) is 17.4 Å². The Hall–Kier alpha value is -1.57. The molecule has 0 aromatic heterocycles. The Balaban J connectivity index is 1.24. The maximum atomic E-state index is 6.08. The summed E-state index contributed by atoms with van der Waals surface area (Å²) in [5.41, 5.74) is 11.2. The Kier molecular flexibility index (Phi) is 5.31. The Morgan fingerprint density at radius 3 is 2.79 bits per heavy atom. The van der Waals surface area contributed by atoms with Crippen molar-refractivity contribution >= 4 is 19.6 Å². The van der Waals surface area contributed by atoms with Gasteiger partial charge in [-0.2, -0.15) is 0 Å². The molecule has 33 heavy (non-hydrogen) atoms. The summed E-state index contributed by atoms with van der Waals surface area (Å²) >= 11 is 0. The van der Waals surface area contributed by atoms with Crippen molar-refractivity contribution in [2.24, 2.45) is 34.3 Å². The molecule has 1 aromatic carbocycles. The molecule has 0 amide bonds. The molecule has 0 bridgehead atoms. The number of benzene rings is 1. The van der Waals surface area contributed by atoms with Gasteiger partial charge in [0.1, 0.15) is 11.9 Å². The molecule has 2 fully saturated rings. The molecule has 5 aliphatic rings. The first kappa shape index (κ1) is 21.9. The number of anilines is 1. The zero-order valence-corrected chi connectivity index (χ0v) is 21.3. The predicted octanol–water partition coefficient (Wildman–Crippen LogP) is 6.08. The number of allylic oxidation sites excluding steroid dienone is 3. The highest BCUT2D eigenvalue weighted by atomic mass is 31.1. The van der Waals surface area contributed by atoms with Crippen molar-refractivity contribution in [3.63, 3.8) is 0 Å². The number of nitrogens with two attached hydrogens (primary N) is 1. The number of fused-ring (bicyclic) bond motifs is 6. The van der Waals surface area contributed by atoms with Crippen LogP contribution in [-0.2, 0) is 4.74 Å². The highest BCUT2D eigenvalue weighted by molar-refractivity contribution is 7.48. The van der Waals surface area contributed by atoms with Crippen molar-refractivity contribution in [1.82, 2.24) is 0 Å². The summed E-state index contributed by atoms with van der Waals surface area (Å²) in [6.07, 6.45) is 15.3. The van der Waals surface area contributed by atoms with Crippen LogP contribution in [0.5, 0.6) is 0 Å². The lowest BCUT2D eigenvalue weighted by Gasteiger charge is -2.58. The van der Waals surface area contributed by atoms with Crippen molar-refractivity contribution in [3.8, 4) is 0 Å². The minimum atomic E-state index is 0.265. The maximum absolute atomic E-state index is 6.08. The SMILES string of the molecule is C=C(CN)OC1CCC2(C)C(=CCC3C2CCC2(C)C(N4CPc5ccccc54)=CCC32)C1. The Morgan fingerprint density at radius 1 is 1.12 bits per heavy atom. The van der Waals surface area contributed by atoms with Crippen LogP contribution in [0.15, 0.2) is 60.0 Å². The smallest absolute Gasteiger partial charge is 0.103 e. The molecule has 176 valence electrons. The Morgan fingerprint density at radius 2 is 1.94 bits per heavy atom. The van der Waals surface area contributed by atoms with Crippen LogP contribution in [0.1, 0.15) is 58.8 Å². The summed E-state index contributed by atoms with van der Waals surface area (Å²) < 4.78 is 6.08. The molecule has 0 saturated heterocycles. The van der Waals surface area contributed by atoms with Gasteiger partial charge in [-0.05, 0) is 73.1 Å². The normalized spacial score (nSPS) is 39.8. The fourth-order valence-electron chi connectivity index (χ4n) is 8.30. The van der Waals surface area contributed by atoms with Crippen LogP contribution in [-0.4, -0.2) is 18.9 Å². The Labute approximate surface area is 201 Å². The number of hydrogen-bond acceptors (Lipinski definition) is 3. The third kappa shape index (κ3) is 3.29. The van der Waals surface area contributed by atoms with Crippen molar-refractivity contribution in [1.29, 1.82) is 0 Å². The van der Waals surface area contributed by atoms with Gasteiger partial charge in [0.15, 0.2) is 0 Å². The lowest BCUT2D eigenvalue weighted by molar-refractivity contribution is -0.0337. The quantitative estimate of drug-likeness (QED) is 0.335. The molecule has 1 aliphatic heterocycles. The molecule has 2 N–H and O–H groups in total. The minimum Gasteiger partial charge on any atom is -0.494 e. The molecule has 4 heteroatoms. The second-order valence-corrected chi connectivity index (χ2v) is 12.8. The van der Waals surface area contributed by atoms with E-state index in [0.717, 1.165) is 44.9 Å². The third-order valence-corrected chi connectivity index (χ3v) is 11.4. The molecule has 0 radical (unpaired) electrons. The molecule has 0 spiro atoms. The van der Waals surface area contributed by atoms with Crippen molar-refractivity contribution in [2.45, 2.75) is 64.9 Å². The van der Waals surface area contributed by atoms with Gasteiger partial charge in [0.05, 0.1) is 6.54 Å². The molecule has 7 unspecified atom stereocenters. The van der Waals surface area contributed by atoms with Crippen molar-refractivity contribution < 1.29 is 4.74 Å². The number of nitrogens with zero attached hydrogens (tertiary/aromatic N) is 1. The van der Waals surface area contributed by atoms with Gasteiger partial charge in [-0.25, -0.2) is 0 Å². The fraction of sp³-hybridized carbons (Fsp3) is 0.586. The van der Waals surface area contributed by atoms with E-state index in [9.17, 15) is 0 Å². The average molecular weight is 463 g/mol. The van der Waals surface area contributed by atoms with Gasteiger partial charge in [-0.15, -0.1) is 0 Å². The van der Waals surface area contributed by atoms with E-state index in [-0.39, 0.29) is 6.10 Å². The summed E-state index contributed by atoms with van der Waals surface area (Å²) in [6, 6.07) is 9.09. The van der Waals surface area contributed by atoms with Gasteiger partial charge in [0.2, 0.25) is 0 Å². The number of ether oxygens (including phenoxy) is 1. The Bertz CT molecular complexity index is 1030. The molecule has 3 nitrogen and oxygen atoms in total. The van der Waals surface area contributed by atoms with Crippen LogP contribution >= 0.6 is 8.58 Å². The van der Waals surface area contributed by atoms with Gasteiger partial charge in [-0.1, -0.05) is 64.9 Å². The molecule has 1 aromatic rings. The number of rotatable bonds is 4. The summed E-state index contributed by atoms with van der Waals surface area (Å²) in [7, 11) is 0.915. The predicted molar refractivity (Wildman–Crippen MR) is 140 cm³/mol. The zero-order chi connectivity index (χ0) is 22.8. The molecule has 4 aliphatic carbocycles. The van der Waals surface area contributed by atoms with E-state index >= 15 is 0 Å². The second-order valence-electron chi connectivity index (χ2n) is 11.5. The molecule has 6 rings (SSSR count). The monoisotopic (exact) mass is 462 g/mol. The molecule has 1 heterocycles. The first-order valence-corrected chi connectivity index (χ1v) is 14.2. The van der Waals surface area contributed by atoms with E-state index in [2.05, 4.69) is 61.7 Å². The van der Waals surface area contributed by atoms with Crippen LogP contribution in [0.4, 0.5) is 5.69 Å². The van der Waals surface area contributed by atoms with Gasteiger partial charge >= 0.3 is 0 Å². The van der Waals surface area contributed by atoms with Crippen molar-refractivity contribution in [2.75, 3.05) is 17.7 Å². The highest BCUT2D eigenvalue weighted by Crippen LogP contribution is 2.65. The van der Waals surface area contributed by atoms with Crippen LogP contribution in [0, 0.1) is 28.6 Å². The van der Waals surface area contributed by atoms with E-state index in [1.807, 2.05) is 0 Å². The molecule has 2 saturated carbocycles. The van der Waals surface area contributed by atoms with Gasteiger partial charge in [0.25, 0.3) is 0 Å². The standard InChI is InChI=1S/C29H39N2OP/c1-19(17-30)32-21-12-14-28(2)20(16-21)8-9-22-23-10-11-27(29(23,3)15-13-24(22)28)31-18-33-26-7-5-4-6-25(26)31/h4-8,11,21-24,33H,1,9-10,12-18,30H2,2-3H3. The molecule has 7 atom stereocenters. The summed E-state index contributed by atoms with van der Waals surface area (Å²) in [4.78, 5) is 2.69. The van der Waals surface area contributed by atoms with Crippen LogP contribution in [0.3, 0.4) is 0 Å². The van der Waals surface area contributed by atoms with Gasteiger partial charge < -0.3 is 15.4 Å². The van der Waals surface area contributed by atoms with Crippen molar-refractivity contribution in [3.05, 3.63) is 60.0 Å². The zero-order valence-electron chi connectivity index (χ0n) is 20.3.